The molecular formula is C20H18N2O. The van der Waals surface area contributed by atoms with Crippen LogP contribution in [0, 0.1) is 6.92 Å². The molecule has 0 spiro atoms. The van der Waals surface area contributed by atoms with Crippen LogP contribution < -0.4 is 4.74 Å². The molecular weight excluding hydrogens is 284 g/mol. The normalized spacial score (nSPS) is 11.2. The Labute approximate surface area is 135 Å². The third kappa shape index (κ3) is 2.25. The molecule has 0 radical (unpaired) electrons. The van der Waals surface area contributed by atoms with Crippen LogP contribution in [0.4, 0.5) is 0 Å². The molecule has 4 rings (SSSR count). The number of hydrogen-bond acceptors (Lipinski definition) is 2. The van der Waals surface area contributed by atoms with Gasteiger partial charge >= 0.3 is 0 Å². The first-order chi connectivity index (χ1) is 11.3. The molecule has 0 amide bonds. The van der Waals surface area contributed by atoms with Crippen molar-refractivity contribution in [3.63, 3.8) is 0 Å². The van der Waals surface area contributed by atoms with E-state index in [1.807, 2.05) is 18.3 Å². The summed E-state index contributed by atoms with van der Waals surface area (Å²) in [7, 11) is 1.71. The topological polar surface area (TPSA) is 27.1 Å². The van der Waals surface area contributed by atoms with E-state index in [1.165, 1.54) is 27.4 Å². The average molecular weight is 302 g/mol. The van der Waals surface area contributed by atoms with Crippen molar-refractivity contribution in [2.75, 3.05) is 7.11 Å². The van der Waals surface area contributed by atoms with E-state index in [-0.39, 0.29) is 0 Å². The van der Waals surface area contributed by atoms with Crippen LogP contribution in [0.3, 0.4) is 0 Å². The molecule has 0 saturated carbocycles. The molecule has 23 heavy (non-hydrogen) atoms. The first-order valence-corrected chi connectivity index (χ1v) is 7.73. The van der Waals surface area contributed by atoms with Gasteiger partial charge in [0.15, 0.2) is 0 Å². The number of pyridine rings is 1. The lowest BCUT2D eigenvalue weighted by atomic mass is 10.1. The SMILES string of the molecule is COc1ccc2c3ccnc(C)c3n(Cc3ccccc3)c2c1. The third-order valence-corrected chi connectivity index (χ3v) is 4.35. The lowest BCUT2D eigenvalue weighted by Crippen LogP contribution is -2.01. The van der Waals surface area contributed by atoms with Crippen molar-refractivity contribution < 1.29 is 4.74 Å². The van der Waals surface area contributed by atoms with E-state index in [4.69, 9.17) is 4.74 Å². The van der Waals surface area contributed by atoms with Gasteiger partial charge in [-0.2, -0.15) is 0 Å². The van der Waals surface area contributed by atoms with Gasteiger partial charge in [-0.3, -0.25) is 4.98 Å². The van der Waals surface area contributed by atoms with Gasteiger partial charge in [0.05, 0.1) is 23.8 Å². The number of ether oxygens (including phenoxy) is 1. The van der Waals surface area contributed by atoms with Crippen LogP contribution in [0.2, 0.25) is 0 Å². The van der Waals surface area contributed by atoms with Gasteiger partial charge < -0.3 is 9.30 Å². The van der Waals surface area contributed by atoms with Crippen molar-refractivity contribution in [3.8, 4) is 5.75 Å². The summed E-state index contributed by atoms with van der Waals surface area (Å²) in [6.07, 6.45) is 1.88. The van der Waals surface area contributed by atoms with Crippen LogP contribution in [0.5, 0.6) is 5.75 Å². The molecule has 0 unspecified atom stereocenters. The number of aryl methyl sites for hydroxylation is 1. The number of nitrogens with zero attached hydrogens (tertiary/aromatic N) is 2. The summed E-state index contributed by atoms with van der Waals surface area (Å²) in [6, 6.07) is 18.9. The lowest BCUT2D eigenvalue weighted by Gasteiger charge is -2.09. The van der Waals surface area contributed by atoms with Gasteiger partial charge in [-0.25, -0.2) is 0 Å². The number of fused-ring (bicyclic) bond motifs is 3. The monoisotopic (exact) mass is 302 g/mol. The highest BCUT2D eigenvalue weighted by Crippen LogP contribution is 2.33. The van der Waals surface area contributed by atoms with Gasteiger partial charge in [0, 0.05) is 29.6 Å². The molecule has 3 nitrogen and oxygen atoms in total. The standard InChI is InChI=1S/C20H18N2O/c1-14-20-18(10-11-21-14)17-9-8-16(23-2)12-19(17)22(20)13-15-6-4-3-5-7-15/h3-12H,13H2,1-2H3. The Hall–Kier alpha value is -2.81. The second-order valence-electron chi connectivity index (χ2n) is 5.75. The van der Waals surface area contributed by atoms with E-state index in [1.54, 1.807) is 7.11 Å². The molecule has 3 heteroatoms. The van der Waals surface area contributed by atoms with E-state index < -0.39 is 0 Å². The van der Waals surface area contributed by atoms with Crippen molar-refractivity contribution in [2.45, 2.75) is 13.5 Å². The minimum Gasteiger partial charge on any atom is -0.497 e. The molecule has 114 valence electrons. The van der Waals surface area contributed by atoms with E-state index >= 15 is 0 Å². The Kier molecular flexibility index (Phi) is 3.27. The summed E-state index contributed by atoms with van der Waals surface area (Å²) in [5.74, 6) is 0.875. The van der Waals surface area contributed by atoms with Gasteiger partial charge in [0.2, 0.25) is 0 Å². The molecule has 0 aliphatic carbocycles. The predicted octanol–water partition coefficient (Wildman–Crippen LogP) is 4.55. The van der Waals surface area contributed by atoms with Crippen LogP contribution in [0.25, 0.3) is 21.8 Å². The van der Waals surface area contributed by atoms with Gasteiger partial charge in [-0.15, -0.1) is 0 Å². The first kappa shape index (κ1) is 13.8. The first-order valence-electron chi connectivity index (χ1n) is 7.73. The zero-order valence-electron chi connectivity index (χ0n) is 13.3. The van der Waals surface area contributed by atoms with Crippen LogP contribution in [-0.2, 0) is 6.54 Å². The molecule has 0 aliphatic rings. The van der Waals surface area contributed by atoms with Gasteiger partial charge in [0.1, 0.15) is 5.75 Å². The highest BCUT2D eigenvalue weighted by atomic mass is 16.5. The number of hydrogen-bond donors (Lipinski definition) is 0. The van der Waals surface area contributed by atoms with E-state index in [0.717, 1.165) is 18.0 Å². The maximum Gasteiger partial charge on any atom is 0.120 e. The number of aromatic nitrogens is 2. The zero-order valence-corrected chi connectivity index (χ0v) is 13.3. The maximum absolute atomic E-state index is 5.42. The Balaban J connectivity index is 2.04. The van der Waals surface area contributed by atoms with Crippen molar-refractivity contribution in [1.82, 2.24) is 9.55 Å². The highest BCUT2D eigenvalue weighted by Gasteiger charge is 2.14. The zero-order chi connectivity index (χ0) is 15.8. The Bertz CT molecular complexity index is 987. The van der Waals surface area contributed by atoms with E-state index in [9.17, 15) is 0 Å². The second-order valence-corrected chi connectivity index (χ2v) is 5.75. The third-order valence-electron chi connectivity index (χ3n) is 4.35. The van der Waals surface area contributed by atoms with Crippen molar-refractivity contribution in [3.05, 3.63) is 72.1 Å². The Morgan fingerprint density at radius 3 is 2.61 bits per heavy atom. The van der Waals surface area contributed by atoms with Crippen LogP contribution >= 0.6 is 0 Å². The molecule has 0 fully saturated rings. The summed E-state index contributed by atoms with van der Waals surface area (Å²) in [5, 5.41) is 2.48. The van der Waals surface area contributed by atoms with Crippen LogP contribution in [0.15, 0.2) is 60.8 Å². The van der Waals surface area contributed by atoms with Crippen LogP contribution in [0.1, 0.15) is 11.3 Å². The largest absolute Gasteiger partial charge is 0.497 e. The summed E-state index contributed by atoms with van der Waals surface area (Å²) >= 11 is 0. The summed E-state index contributed by atoms with van der Waals surface area (Å²) in [6.45, 7) is 2.89. The molecule has 0 N–H and O–H groups in total. The number of rotatable bonds is 3. The molecule has 2 heterocycles. The van der Waals surface area contributed by atoms with Crippen molar-refractivity contribution >= 4 is 21.8 Å². The second kappa shape index (κ2) is 5.43. The minimum absolute atomic E-state index is 0.820. The van der Waals surface area contributed by atoms with Gasteiger partial charge in [-0.05, 0) is 30.7 Å². The fraction of sp³-hybridized carbons (Fsp3) is 0.150. The number of benzene rings is 2. The fourth-order valence-electron chi connectivity index (χ4n) is 3.26. The fourth-order valence-corrected chi connectivity index (χ4v) is 3.26. The van der Waals surface area contributed by atoms with Crippen molar-refractivity contribution in [1.29, 1.82) is 0 Å². The average Bonchev–Trinajstić information content (AvgIpc) is 2.90. The smallest absolute Gasteiger partial charge is 0.120 e. The van der Waals surface area contributed by atoms with Gasteiger partial charge in [0.25, 0.3) is 0 Å². The molecule has 0 atom stereocenters. The molecule has 2 aromatic heterocycles. The van der Waals surface area contributed by atoms with Crippen molar-refractivity contribution in [2.24, 2.45) is 0 Å². The Morgan fingerprint density at radius 2 is 1.83 bits per heavy atom. The Morgan fingerprint density at radius 1 is 1.00 bits per heavy atom. The molecule has 0 saturated heterocycles. The minimum atomic E-state index is 0.820. The summed E-state index contributed by atoms with van der Waals surface area (Å²) in [4.78, 5) is 4.50. The molecule has 0 bridgehead atoms. The number of methoxy groups -OCH3 is 1. The van der Waals surface area contributed by atoms with E-state index in [2.05, 4.69) is 58.9 Å². The molecule has 0 aliphatic heterocycles. The quantitative estimate of drug-likeness (QED) is 0.555. The lowest BCUT2D eigenvalue weighted by molar-refractivity contribution is 0.415. The van der Waals surface area contributed by atoms with Gasteiger partial charge in [-0.1, -0.05) is 30.3 Å². The maximum atomic E-state index is 5.42. The van der Waals surface area contributed by atoms with E-state index in [0.29, 0.717) is 0 Å². The summed E-state index contributed by atoms with van der Waals surface area (Å²) in [5.41, 5.74) is 4.70. The molecule has 4 aromatic rings. The highest BCUT2D eigenvalue weighted by molar-refractivity contribution is 6.09. The van der Waals surface area contributed by atoms with Crippen LogP contribution in [-0.4, -0.2) is 16.7 Å². The molecule has 2 aromatic carbocycles. The summed E-state index contributed by atoms with van der Waals surface area (Å²) < 4.78 is 7.76. The predicted molar refractivity (Wildman–Crippen MR) is 94.1 cm³/mol.